The quantitative estimate of drug-likeness (QED) is 0.843. The largest absolute Gasteiger partial charge is 0.308 e. The number of aryl methyl sites for hydroxylation is 1. The zero-order valence-electron chi connectivity index (χ0n) is 14.1. The van der Waals surface area contributed by atoms with Gasteiger partial charge in [0.15, 0.2) is 0 Å². The molecular formula is C18H19FN2O3S. The topological polar surface area (TPSA) is 57.7 Å². The Kier molecular flexibility index (Phi) is 4.62. The molecule has 0 aliphatic carbocycles. The average molecular weight is 362 g/mol. The van der Waals surface area contributed by atoms with Crippen molar-refractivity contribution < 1.29 is 17.6 Å². The van der Waals surface area contributed by atoms with Crippen LogP contribution < -0.4 is 4.90 Å². The summed E-state index contributed by atoms with van der Waals surface area (Å²) in [6.45, 7) is 0.472. The maximum atomic E-state index is 13.6. The average Bonchev–Trinajstić information content (AvgIpc) is 2.60. The molecule has 0 saturated heterocycles. The lowest BCUT2D eigenvalue weighted by Gasteiger charge is -2.29. The Morgan fingerprint density at radius 2 is 1.92 bits per heavy atom. The minimum Gasteiger partial charge on any atom is -0.308 e. The molecule has 1 heterocycles. The van der Waals surface area contributed by atoms with Crippen LogP contribution in [-0.4, -0.2) is 39.3 Å². The SMILES string of the molecule is CN(C)S(=O)(=O)c1cccc(C(=O)N2CCCc3ccc(F)cc32)c1. The first kappa shape index (κ1) is 17.6. The fourth-order valence-electron chi connectivity index (χ4n) is 2.91. The highest BCUT2D eigenvalue weighted by atomic mass is 32.2. The molecule has 2 aromatic rings. The van der Waals surface area contributed by atoms with Gasteiger partial charge in [0.25, 0.3) is 5.91 Å². The van der Waals surface area contributed by atoms with Crippen LogP contribution in [0.3, 0.4) is 0 Å². The number of nitrogens with zero attached hydrogens (tertiary/aromatic N) is 2. The number of hydrogen-bond acceptors (Lipinski definition) is 3. The van der Waals surface area contributed by atoms with E-state index >= 15 is 0 Å². The van der Waals surface area contributed by atoms with E-state index in [9.17, 15) is 17.6 Å². The van der Waals surface area contributed by atoms with Crippen LogP contribution in [0, 0.1) is 5.82 Å². The number of hydrogen-bond donors (Lipinski definition) is 0. The number of carbonyl (C=O) groups is 1. The number of rotatable bonds is 3. The summed E-state index contributed by atoms with van der Waals surface area (Å²) in [4.78, 5) is 14.5. The Balaban J connectivity index is 2.00. The molecule has 7 heteroatoms. The molecule has 3 rings (SSSR count). The Labute approximate surface area is 146 Å². The van der Waals surface area contributed by atoms with Crippen molar-refractivity contribution in [3.05, 3.63) is 59.4 Å². The number of anilines is 1. The minimum absolute atomic E-state index is 0.0554. The molecule has 0 aromatic heterocycles. The number of carbonyl (C=O) groups excluding carboxylic acids is 1. The first-order chi connectivity index (χ1) is 11.8. The second kappa shape index (κ2) is 6.57. The Hall–Kier alpha value is -2.25. The second-order valence-corrected chi connectivity index (χ2v) is 8.30. The van der Waals surface area contributed by atoms with Crippen molar-refractivity contribution in [3.8, 4) is 0 Å². The Morgan fingerprint density at radius 3 is 2.64 bits per heavy atom. The first-order valence-corrected chi connectivity index (χ1v) is 9.37. The molecular weight excluding hydrogens is 343 g/mol. The van der Waals surface area contributed by atoms with Crippen LogP contribution in [-0.2, 0) is 16.4 Å². The molecule has 132 valence electrons. The van der Waals surface area contributed by atoms with Gasteiger partial charge in [-0.25, -0.2) is 17.1 Å². The summed E-state index contributed by atoms with van der Waals surface area (Å²) < 4.78 is 39.3. The molecule has 0 fully saturated rings. The molecule has 0 spiro atoms. The summed E-state index contributed by atoms with van der Waals surface area (Å²) >= 11 is 0. The summed E-state index contributed by atoms with van der Waals surface area (Å²) in [7, 11) is -0.752. The maximum Gasteiger partial charge on any atom is 0.258 e. The van der Waals surface area contributed by atoms with E-state index in [0.717, 1.165) is 22.7 Å². The Bertz CT molecular complexity index is 926. The Morgan fingerprint density at radius 1 is 1.16 bits per heavy atom. The second-order valence-electron chi connectivity index (χ2n) is 6.15. The molecule has 0 saturated carbocycles. The zero-order chi connectivity index (χ0) is 18.2. The van der Waals surface area contributed by atoms with Gasteiger partial charge < -0.3 is 4.90 Å². The van der Waals surface area contributed by atoms with Gasteiger partial charge in [-0.3, -0.25) is 4.79 Å². The maximum absolute atomic E-state index is 13.6. The van der Waals surface area contributed by atoms with Crippen LogP contribution in [0.1, 0.15) is 22.3 Å². The van der Waals surface area contributed by atoms with Crippen molar-refractivity contribution in [1.82, 2.24) is 4.31 Å². The molecule has 25 heavy (non-hydrogen) atoms. The smallest absolute Gasteiger partial charge is 0.258 e. The van der Waals surface area contributed by atoms with E-state index in [2.05, 4.69) is 0 Å². The third-order valence-corrected chi connectivity index (χ3v) is 6.08. The predicted molar refractivity (Wildman–Crippen MR) is 93.7 cm³/mol. The number of benzene rings is 2. The van der Waals surface area contributed by atoms with E-state index < -0.39 is 15.8 Å². The summed E-state index contributed by atoms with van der Waals surface area (Å²) in [5.74, 6) is -0.732. The fraction of sp³-hybridized carbons (Fsp3) is 0.278. The zero-order valence-corrected chi connectivity index (χ0v) is 14.9. The lowest BCUT2D eigenvalue weighted by atomic mass is 10.0. The first-order valence-electron chi connectivity index (χ1n) is 7.93. The number of halogens is 1. The van der Waals surface area contributed by atoms with Crippen LogP contribution >= 0.6 is 0 Å². The lowest BCUT2D eigenvalue weighted by Crippen LogP contribution is -2.35. The standard InChI is InChI=1S/C18H19FN2O3S/c1-20(2)25(23,24)16-7-3-5-14(11-16)18(22)21-10-4-6-13-8-9-15(19)12-17(13)21/h3,5,7-9,11-12H,4,6,10H2,1-2H3. The van der Waals surface area contributed by atoms with Gasteiger partial charge in [0, 0.05) is 26.2 Å². The van der Waals surface area contributed by atoms with E-state index in [1.54, 1.807) is 18.2 Å². The van der Waals surface area contributed by atoms with Crippen LogP contribution in [0.25, 0.3) is 0 Å². The monoisotopic (exact) mass is 362 g/mol. The molecule has 0 radical (unpaired) electrons. The molecule has 5 nitrogen and oxygen atoms in total. The van der Waals surface area contributed by atoms with Crippen LogP contribution in [0.4, 0.5) is 10.1 Å². The van der Waals surface area contributed by atoms with Gasteiger partial charge in [-0.1, -0.05) is 12.1 Å². The molecule has 1 aliphatic rings. The summed E-state index contributed by atoms with van der Waals surface area (Å²) in [6, 6.07) is 10.4. The summed E-state index contributed by atoms with van der Waals surface area (Å²) in [5, 5.41) is 0. The van der Waals surface area contributed by atoms with Crippen molar-refractivity contribution in [3.63, 3.8) is 0 Å². The normalized spacial score (nSPS) is 14.5. The number of amides is 1. The van der Waals surface area contributed by atoms with E-state index in [4.69, 9.17) is 0 Å². The molecule has 0 bridgehead atoms. The van der Waals surface area contributed by atoms with E-state index in [1.165, 1.54) is 43.3 Å². The van der Waals surface area contributed by atoms with E-state index in [1.807, 2.05) is 0 Å². The number of sulfonamides is 1. The highest BCUT2D eigenvalue weighted by molar-refractivity contribution is 7.89. The minimum atomic E-state index is -3.63. The van der Waals surface area contributed by atoms with Gasteiger partial charge in [-0.05, 0) is 48.7 Å². The van der Waals surface area contributed by atoms with Crippen molar-refractivity contribution in [1.29, 1.82) is 0 Å². The van der Waals surface area contributed by atoms with E-state index in [0.29, 0.717) is 12.2 Å². The summed E-state index contributed by atoms with van der Waals surface area (Å²) in [6.07, 6.45) is 1.56. The summed E-state index contributed by atoms with van der Waals surface area (Å²) in [5.41, 5.74) is 1.73. The molecule has 2 aromatic carbocycles. The molecule has 0 unspecified atom stereocenters. The lowest BCUT2D eigenvalue weighted by molar-refractivity contribution is 0.0985. The van der Waals surface area contributed by atoms with Crippen molar-refractivity contribution in [2.75, 3.05) is 25.5 Å². The fourth-order valence-corrected chi connectivity index (χ4v) is 3.86. The molecule has 1 amide bonds. The van der Waals surface area contributed by atoms with Crippen LogP contribution in [0.2, 0.25) is 0 Å². The van der Waals surface area contributed by atoms with Crippen molar-refractivity contribution in [2.24, 2.45) is 0 Å². The third-order valence-electron chi connectivity index (χ3n) is 4.27. The van der Waals surface area contributed by atoms with Gasteiger partial charge >= 0.3 is 0 Å². The predicted octanol–water partition coefficient (Wildman–Crippen LogP) is 2.67. The van der Waals surface area contributed by atoms with Gasteiger partial charge in [-0.2, -0.15) is 0 Å². The third kappa shape index (κ3) is 3.29. The van der Waals surface area contributed by atoms with Gasteiger partial charge in [-0.15, -0.1) is 0 Å². The van der Waals surface area contributed by atoms with Crippen LogP contribution in [0.5, 0.6) is 0 Å². The van der Waals surface area contributed by atoms with Crippen molar-refractivity contribution >= 4 is 21.6 Å². The number of fused-ring (bicyclic) bond motifs is 1. The highest BCUT2D eigenvalue weighted by Gasteiger charge is 2.25. The van der Waals surface area contributed by atoms with Gasteiger partial charge in [0.2, 0.25) is 10.0 Å². The molecule has 0 atom stereocenters. The molecule has 1 aliphatic heterocycles. The van der Waals surface area contributed by atoms with Crippen molar-refractivity contribution in [2.45, 2.75) is 17.7 Å². The highest BCUT2D eigenvalue weighted by Crippen LogP contribution is 2.29. The van der Waals surface area contributed by atoms with Gasteiger partial charge in [0.05, 0.1) is 10.6 Å². The van der Waals surface area contributed by atoms with Crippen LogP contribution in [0.15, 0.2) is 47.4 Å². The van der Waals surface area contributed by atoms with Gasteiger partial charge in [0.1, 0.15) is 5.82 Å². The molecule has 0 N–H and O–H groups in total. The van der Waals surface area contributed by atoms with E-state index in [-0.39, 0.29) is 16.4 Å².